The summed E-state index contributed by atoms with van der Waals surface area (Å²) in [6.45, 7) is 1.82. The van der Waals surface area contributed by atoms with E-state index in [0.717, 1.165) is 0 Å². The molecule has 0 amide bonds. The Bertz CT molecular complexity index is 373. The summed E-state index contributed by atoms with van der Waals surface area (Å²) < 4.78 is 22.8. The number of nitrogens with two attached hydrogens (primary N) is 1. The number of hydrogen-bond acceptors (Lipinski definition) is 4. The second-order valence-electron chi connectivity index (χ2n) is 4.26. The van der Waals surface area contributed by atoms with Crippen LogP contribution in [0.2, 0.25) is 0 Å². The fourth-order valence-corrected chi connectivity index (χ4v) is 3.16. The van der Waals surface area contributed by atoms with E-state index in [-0.39, 0.29) is 35.7 Å². The molecule has 2 unspecified atom stereocenters. The third-order valence-electron chi connectivity index (χ3n) is 2.70. The van der Waals surface area contributed by atoms with Crippen molar-refractivity contribution in [3.8, 4) is 0 Å². The molecule has 0 aliphatic heterocycles. The standard InChI is InChI=1S/C11H19NO3S/c1-2-6-16(14,15)7-5-11(13)9-3-4-10(12)8-9/h3-4,9-10H,2,5-8,12H2,1H3. The Morgan fingerprint density at radius 1 is 1.38 bits per heavy atom. The Morgan fingerprint density at radius 3 is 2.56 bits per heavy atom. The number of ketones is 1. The largest absolute Gasteiger partial charge is 0.324 e. The lowest BCUT2D eigenvalue weighted by atomic mass is 10.0. The highest BCUT2D eigenvalue weighted by Gasteiger charge is 2.23. The van der Waals surface area contributed by atoms with Crippen LogP contribution >= 0.6 is 0 Å². The average Bonchev–Trinajstić information content (AvgIpc) is 2.61. The topological polar surface area (TPSA) is 77.2 Å². The summed E-state index contributed by atoms with van der Waals surface area (Å²) in [5.41, 5.74) is 5.64. The van der Waals surface area contributed by atoms with Crippen molar-refractivity contribution in [2.75, 3.05) is 11.5 Å². The molecule has 92 valence electrons. The zero-order valence-electron chi connectivity index (χ0n) is 9.56. The lowest BCUT2D eigenvalue weighted by Gasteiger charge is -2.08. The number of allylic oxidation sites excluding steroid dienone is 1. The van der Waals surface area contributed by atoms with Crippen LogP contribution in [-0.2, 0) is 14.6 Å². The summed E-state index contributed by atoms with van der Waals surface area (Å²) in [5, 5.41) is 0. The fourth-order valence-electron chi connectivity index (χ4n) is 1.82. The van der Waals surface area contributed by atoms with Gasteiger partial charge in [0.2, 0.25) is 0 Å². The minimum atomic E-state index is -3.05. The number of rotatable bonds is 6. The Labute approximate surface area is 96.8 Å². The molecule has 1 aliphatic carbocycles. The van der Waals surface area contributed by atoms with Gasteiger partial charge in [0.1, 0.15) is 5.78 Å². The third kappa shape index (κ3) is 4.06. The zero-order chi connectivity index (χ0) is 12.2. The number of carbonyl (C=O) groups is 1. The molecule has 0 aromatic heterocycles. The average molecular weight is 245 g/mol. The molecule has 2 atom stereocenters. The highest BCUT2D eigenvalue weighted by atomic mass is 32.2. The first-order chi connectivity index (χ1) is 7.44. The molecule has 0 radical (unpaired) electrons. The monoisotopic (exact) mass is 245 g/mol. The number of sulfone groups is 1. The first-order valence-corrected chi connectivity index (χ1v) is 7.44. The molecule has 16 heavy (non-hydrogen) atoms. The molecule has 1 aliphatic rings. The van der Waals surface area contributed by atoms with Gasteiger partial charge in [-0.05, 0) is 12.8 Å². The van der Waals surface area contributed by atoms with Crippen molar-refractivity contribution >= 4 is 15.6 Å². The molecule has 2 N–H and O–H groups in total. The summed E-state index contributed by atoms with van der Waals surface area (Å²) in [4.78, 5) is 11.7. The van der Waals surface area contributed by atoms with Gasteiger partial charge in [0.25, 0.3) is 0 Å². The minimum absolute atomic E-state index is 0.0103. The summed E-state index contributed by atoms with van der Waals surface area (Å²) in [5.74, 6) is -0.0461. The van der Waals surface area contributed by atoms with Gasteiger partial charge in [-0.1, -0.05) is 19.1 Å². The Morgan fingerprint density at radius 2 is 2.06 bits per heavy atom. The van der Waals surface area contributed by atoms with Gasteiger partial charge in [-0.3, -0.25) is 4.79 Å². The van der Waals surface area contributed by atoms with E-state index < -0.39 is 9.84 Å². The molecular weight excluding hydrogens is 226 g/mol. The van der Waals surface area contributed by atoms with E-state index >= 15 is 0 Å². The maximum Gasteiger partial charge on any atom is 0.150 e. The van der Waals surface area contributed by atoms with E-state index in [1.54, 1.807) is 6.08 Å². The van der Waals surface area contributed by atoms with E-state index in [1.165, 1.54) is 0 Å². The molecule has 0 fully saturated rings. The van der Waals surface area contributed by atoms with Gasteiger partial charge in [-0.15, -0.1) is 0 Å². The second-order valence-corrected chi connectivity index (χ2v) is 6.56. The number of carbonyl (C=O) groups excluding carboxylic acids is 1. The lowest BCUT2D eigenvalue weighted by Crippen LogP contribution is -2.21. The van der Waals surface area contributed by atoms with Crippen LogP contribution < -0.4 is 5.73 Å². The van der Waals surface area contributed by atoms with E-state index in [4.69, 9.17) is 5.73 Å². The van der Waals surface area contributed by atoms with Crippen molar-refractivity contribution in [2.45, 2.75) is 32.2 Å². The molecule has 1 rings (SSSR count). The van der Waals surface area contributed by atoms with Crippen LogP contribution in [0.15, 0.2) is 12.2 Å². The SMILES string of the molecule is CCCS(=O)(=O)CCC(=O)C1C=CC(N)C1. The Balaban J connectivity index is 2.39. The van der Waals surface area contributed by atoms with Crippen LogP contribution in [-0.4, -0.2) is 31.7 Å². The Hall–Kier alpha value is -0.680. The van der Waals surface area contributed by atoms with Gasteiger partial charge >= 0.3 is 0 Å². The van der Waals surface area contributed by atoms with Crippen molar-refractivity contribution in [3.63, 3.8) is 0 Å². The fraction of sp³-hybridized carbons (Fsp3) is 0.727. The predicted molar refractivity (Wildman–Crippen MR) is 63.8 cm³/mol. The van der Waals surface area contributed by atoms with Crippen molar-refractivity contribution in [1.82, 2.24) is 0 Å². The van der Waals surface area contributed by atoms with Crippen LogP contribution in [0.25, 0.3) is 0 Å². The van der Waals surface area contributed by atoms with Gasteiger partial charge < -0.3 is 5.73 Å². The molecular formula is C11H19NO3S. The minimum Gasteiger partial charge on any atom is -0.324 e. The molecule has 0 bridgehead atoms. The van der Waals surface area contributed by atoms with Crippen molar-refractivity contribution < 1.29 is 13.2 Å². The number of hydrogen-bond donors (Lipinski definition) is 1. The molecule has 0 saturated heterocycles. The van der Waals surface area contributed by atoms with Crippen LogP contribution in [0.1, 0.15) is 26.2 Å². The van der Waals surface area contributed by atoms with Crippen molar-refractivity contribution in [1.29, 1.82) is 0 Å². The molecule has 0 aromatic rings. The van der Waals surface area contributed by atoms with Gasteiger partial charge in [-0.2, -0.15) is 0 Å². The summed E-state index contributed by atoms with van der Waals surface area (Å²) in [6, 6.07) is -0.0544. The quantitative estimate of drug-likeness (QED) is 0.698. The van der Waals surface area contributed by atoms with Crippen LogP contribution in [0.5, 0.6) is 0 Å². The molecule has 4 nitrogen and oxygen atoms in total. The number of Topliss-reactive ketones (excluding diaryl/α,β-unsaturated/α-hetero) is 1. The van der Waals surface area contributed by atoms with Crippen LogP contribution in [0.3, 0.4) is 0 Å². The molecule has 0 saturated carbocycles. The molecule has 0 heterocycles. The first kappa shape index (κ1) is 13.4. The predicted octanol–water partition coefficient (Wildman–Crippen LogP) is 0.674. The van der Waals surface area contributed by atoms with E-state index in [2.05, 4.69) is 0 Å². The van der Waals surface area contributed by atoms with E-state index in [1.807, 2.05) is 13.0 Å². The van der Waals surface area contributed by atoms with Crippen molar-refractivity contribution in [3.05, 3.63) is 12.2 Å². The maximum absolute atomic E-state index is 11.7. The van der Waals surface area contributed by atoms with Gasteiger partial charge in [-0.25, -0.2) is 8.42 Å². The first-order valence-electron chi connectivity index (χ1n) is 5.61. The zero-order valence-corrected chi connectivity index (χ0v) is 10.4. The Kier molecular flexibility index (Phi) is 4.68. The van der Waals surface area contributed by atoms with E-state index in [0.29, 0.717) is 12.8 Å². The van der Waals surface area contributed by atoms with Gasteiger partial charge in [0.05, 0.1) is 5.75 Å². The molecule has 0 spiro atoms. The van der Waals surface area contributed by atoms with Gasteiger partial charge in [0.15, 0.2) is 9.84 Å². The van der Waals surface area contributed by atoms with Crippen LogP contribution in [0, 0.1) is 5.92 Å². The highest BCUT2D eigenvalue weighted by Crippen LogP contribution is 2.19. The summed E-state index contributed by atoms with van der Waals surface area (Å²) in [6.07, 6.45) is 4.93. The highest BCUT2D eigenvalue weighted by molar-refractivity contribution is 7.91. The summed E-state index contributed by atoms with van der Waals surface area (Å²) in [7, 11) is -3.05. The second kappa shape index (κ2) is 5.59. The maximum atomic E-state index is 11.7. The normalized spacial score (nSPS) is 24.9. The van der Waals surface area contributed by atoms with Crippen molar-refractivity contribution in [2.24, 2.45) is 11.7 Å². The lowest BCUT2D eigenvalue weighted by molar-refractivity contribution is -0.121. The molecule has 5 heteroatoms. The van der Waals surface area contributed by atoms with Crippen LogP contribution in [0.4, 0.5) is 0 Å². The molecule has 0 aromatic carbocycles. The third-order valence-corrected chi connectivity index (χ3v) is 4.56. The summed E-state index contributed by atoms with van der Waals surface area (Å²) >= 11 is 0. The van der Waals surface area contributed by atoms with E-state index in [9.17, 15) is 13.2 Å². The van der Waals surface area contributed by atoms with Gasteiger partial charge in [0, 0.05) is 24.1 Å². The smallest absolute Gasteiger partial charge is 0.150 e.